The van der Waals surface area contributed by atoms with Gasteiger partial charge in [0, 0.05) is 23.6 Å². The number of nitrogens with zero attached hydrogens (tertiary/aromatic N) is 1. The second-order valence-electron chi connectivity index (χ2n) is 7.55. The topological polar surface area (TPSA) is 73.6 Å². The molecule has 1 aliphatic heterocycles. The molecule has 0 radical (unpaired) electrons. The maximum absolute atomic E-state index is 12.4. The Morgan fingerprint density at radius 3 is 2.83 bits per heavy atom. The number of hydrogen-bond donors (Lipinski definition) is 1. The average Bonchev–Trinajstić information content (AvgIpc) is 3.37. The summed E-state index contributed by atoms with van der Waals surface area (Å²) in [6.07, 6.45) is 3.19. The molecule has 0 aliphatic carbocycles. The second-order valence-corrected chi connectivity index (χ2v) is 7.55. The van der Waals surface area contributed by atoms with Gasteiger partial charge < -0.3 is 19.3 Å². The minimum absolute atomic E-state index is 0.164. The molecule has 1 atom stereocenters. The van der Waals surface area contributed by atoms with Crippen LogP contribution in [0.5, 0.6) is 11.5 Å². The van der Waals surface area contributed by atoms with E-state index >= 15 is 0 Å². The number of benzene rings is 2. The van der Waals surface area contributed by atoms with Crippen LogP contribution in [0.25, 0.3) is 11.3 Å². The molecule has 0 saturated heterocycles. The van der Waals surface area contributed by atoms with Crippen molar-refractivity contribution in [1.82, 2.24) is 10.5 Å². The van der Waals surface area contributed by atoms with E-state index in [4.69, 9.17) is 14.0 Å². The Kier molecular flexibility index (Phi) is 6.02. The normalized spacial score (nSPS) is 14.8. The van der Waals surface area contributed by atoms with Crippen LogP contribution in [0.3, 0.4) is 0 Å². The molecule has 0 fully saturated rings. The Morgan fingerprint density at radius 1 is 1.20 bits per heavy atom. The van der Waals surface area contributed by atoms with E-state index in [1.165, 1.54) is 5.56 Å². The van der Waals surface area contributed by atoms with Crippen molar-refractivity contribution >= 4 is 5.91 Å². The molecule has 0 spiro atoms. The van der Waals surface area contributed by atoms with Crippen LogP contribution in [0.1, 0.15) is 48.3 Å². The zero-order valence-corrected chi connectivity index (χ0v) is 17.3. The molecule has 0 bridgehead atoms. The second kappa shape index (κ2) is 9.03. The van der Waals surface area contributed by atoms with Crippen LogP contribution < -0.4 is 14.8 Å². The molecule has 6 heteroatoms. The quantitative estimate of drug-likeness (QED) is 0.545. The minimum atomic E-state index is -0.164. The van der Waals surface area contributed by atoms with Gasteiger partial charge in [-0.25, -0.2) is 0 Å². The van der Waals surface area contributed by atoms with Crippen LogP contribution in [-0.4, -0.2) is 23.8 Å². The van der Waals surface area contributed by atoms with E-state index in [-0.39, 0.29) is 12.0 Å². The van der Waals surface area contributed by atoms with Gasteiger partial charge in [-0.05, 0) is 61.4 Å². The third-order valence-corrected chi connectivity index (χ3v) is 5.05. The van der Waals surface area contributed by atoms with E-state index in [9.17, 15) is 4.79 Å². The minimum Gasteiger partial charge on any atom is -0.494 e. The van der Waals surface area contributed by atoms with Crippen molar-refractivity contribution in [3.05, 3.63) is 65.4 Å². The molecule has 30 heavy (non-hydrogen) atoms. The van der Waals surface area contributed by atoms with Gasteiger partial charge in [-0.3, -0.25) is 4.79 Å². The summed E-state index contributed by atoms with van der Waals surface area (Å²) in [6, 6.07) is 15.0. The highest BCUT2D eigenvalue weighted by atomic mass is 16.5. The first-order chi connectivity index (χ1) is 14.6. The highest BCUT2D eigenvalue weighted by molar-refractivity contribution is 5.94. The number of hydrogen-bond acceptors (Lipinski definition) is 5. The summed E-state index contributed by atoms with van der Waals surface area (Å²) < 4.78 is 16.8. The average molecular weight is 406 g/mol. The van der Waals surface area contributed by atoms with Crippen molar-refractivity contribution in [2.24, 2.45) is 0 Å². The molecule has 1 aromatic heterocycles. The molecule has 6 nitrogen and oxygen atoms in total. The Morgan fingerprint density at radius 2 is 2.03 bits per heavy atom. The van der Waals surface area contributed by atoms with E-state index in [0.29, 0.717) is 30.2 Å². The molecule has 3 aromatic rings. The van der Waals surface area contributed by atoms with E-state index in [1.807, 2.05) is 30.3 Å². The van der Waals surface area contributed by atoms with Crippen molar-refractivity contribution < 1.29 is 18.8 Å². The fourth-order valence-electron chi connectivity index (χ4n) is 3.42. The number of unbranched alkanes of at least 4 members (excludes halogenated alkanes) is 1. The maximum atomic E-state index is 12.4. The molecular formula is C24H26N2O4. The largest absolute Gasteiger partial charge is 0.494 e. The monoisotopic (exact) mass is 406 g/mol. The number of fused-ring (bicyclic) bond motifs is 1. The molecule has 156 valence electrons. The van der Waals surface area contributed by atoms with Crippen molar-refractivity contribution in [3.63, 3.8) is 0 Å². The SMILES string of the molecule is CCCCOc1ccc(C(=O)NCc2cc(-c3ccc4c(c3)CC(C)O4)on2)cc1. The predicted molar refractivity (Wildman–Crippen MR) is 114 cm³/mol. The molecule has 2 aromatic carbocycles. The molecule has 0 saturated carbocycles. The summed E-state index contributed by atoms with van der Waals surface area (Å²) in [6.45, 7) is 5.16. The first-order valence-electron chi connectivity index (χ1n) is 10.4. The Balaban J connectivity index is 1.33. The first kappa shape index (κ1) is 20.0. The Bertz CT molecular complexity index is 1010. The van der Waals surface area contributed by atoms with E-state index in [0.717, 1.165) is 36.3 Å². The highest BCUT2D eigenvalue weighted by Crippen LogP contribution is 2.33. The Hall–Kier alpha value is -3.28. The van der Waals surface area contributed by atoms with E-state index in [1.54, 1.807) is 12.1 Å². The van der Waals surface area contributed by atoms with Gasteiger partial charge in [0.1, 0.15) is 23.3 Å². The summed E-state index contributed by atoms with van der Waals surface area (Å²) in [5, 5.41) is 6.96. The van der Waals surface area contributed by atoms with Gasteiger partial charge in [0.15, 0.2) is 5.76 Å². The van der Waals surface area contributed by atoms with Gasteiger partial charge in [0.25, 0.3) is 5.91 Å². The van der Waals surface area contributed by atoms with Crippen LogP contribution in [0.2, 0.25) is 0 Å². The third kappa shape index (κ3) is 4.64. The van der Waals surface area contributed by atoms with Gasteiger partial charge in [-0.1, -0.05) is 18.5 Å². The molecular weight excluding hydrogens is 380 g/mol. The van der Waals surface area contributed by atoms with Crippen molar-refractivity contribution in [1.29, 1.82) is 0 Å². The van der Waals surface area contributed by atoms with Crippen molar-refractivity contribution in [2.75, 3.05) is 6.61 Å². The van der Waals surface area contributed by atoms with Crippen molar-refractivity contribution in [2.45, 2.75) is 45.8 Å². The summed E-state index contributed by atoms with van der Waals surface area (Å²) in [4.78, 5) is 12.4. The smallest absolute Gasteiger partial charge is 0.251 e. The van der Waals surface area contributed by atoms with E-state index in [2.05, 4.69) is 30.4 Å². The highest BCUT2D eigenvalue weighted by Gasteiger charge is 2.20. The van der Waals surface area contributed by atoms with Gasteiger partial charge in [0.05, 0.1) is 13.2 Å². The summed E-state index contributed by atoms with van der Waals surface area (Å²) in [5.74, 6) is 2.22. The summed E-state index contributed by atoms with van der Waals surface area (Å²) in [5.41, 5.74) is 3.38. The van der Waals surface area contributed by atoms with Crippen LogP contribution in [0, 0.1) is 0 Å². The number of carbonyl (C=O) groups excluding carboxylic acids is 1. The molecule has 1 amide bonds. The first-order valence-corrected chi connectivity index (χ1v) is 10.4. The maximum Gasteiger partial charge on any atom is 0.251 e. The van der Waals surface area contributed by atoms with Crippen molar-refractivity contribution in [3.8, 4) is 22.8 Å². The zero-order valence-electron chi connectivity index (χ0n) is 17.3. The molecule has 1 N–H and O–H groups in total. The standard InChI is InChI=1S/C24H26N2O4/c1-3-4-11-28-21-8-5-17(6-9-21)24(27)25-15-20-14-23(30-26-20)18-7-10-22-19(13-18)12-16(2)29-22/h5-10,13-14,16H,3-4,11-12,15H2,1-2H3,(H,25,27). The van der Waals surface area contributed by atoms with Gasteiger partial charge in [-0.2, -0.15) is 0 Å². The lowest BCUT2D eigenvalue weighted by Crippen LogP contribution is -2.22. The van der Waals surface area contributed by atoms with Crippen LogP contribution in [0.15, 0.2) is 53.1 Å². The zero-order chi connectivity index (χ0) is 20.9. The molecule has 1 unspecified atom stereocenters. The summed E-state index contributed by atoms with van der Waals surface area (Å²) >= 11 is 0. The fraction of sp³-hybridized carbons (Fsp3) is 0.333. The van der Waals surface area contributed by atoms with Gasteiger partial charge >= 0.3 is 0 Å². The molecule has 4 rings (SSSR count). The lowest BCUT2D eigenvalue weighted by atomic mass is 10.1. The van der Waals surface area contributed by atoms with Crippen LogP contribution >= 0.6 is 0 Å². The van der Waals surface area contributed by atoms with E-state index < -0.39 is 0 Å². The number of nitrogens with one attached hydrogen (secondary N) is 1. The van der Waals surface area contributed by atoms with Crippen LogP contribution in [-0.2, 0) is 13.0 Å². The van der Waals surface area contributed by atoms with Crippen LogP contribution in [0.4, 0.5) is 0 Å². The number of amides is 1. The molecule has 1 aliphatic rings. The Labute approximate surface area is 176 Å². The van der Waals surface area contributed by atoms with Gasteiger partial charge in [-0.15, -0.1) is 0 Å². The summed E-state index contributed by atoms with van der Waals surface area (Å²) in [7, 11) is 0. The van der Waals surface area contributed by atoms with Gasteiger partial charge in [0.2, 0.25) is 0 Å². The lowest BCUT2D eigenvalue weighted by molar-refractivity contribution is 0.0950. The third-order valence-electron chi connectivity index (χ3n) is 5.05. The number of carbonyl (C=O) groups is 1. The predicted octanol–water partition coefficient (Wildman–Crippen LogP) is 4.77. The number of rotatable bonds is 8. The number of aromatic nitrogens is 1. The fourth-order valence-corrected chi connectivity index (χ4v) is 3.42. The lowest BCUT2D eigenvalue weighted by Gasteiger charge is -2.07. The molecule has 2 heterocycles. The number of ether oxygens (including phenoxy) is 2.